The Morgan fingerprint density at radius 3 is 2.58 bits per heavy atom. The van der Waals surface area contributed by atoms with E-state index in [4.69, 9.17) is 0 Å². The van der Waals surface area contributed by atoms with E-state index < -0.39 is 10.9 Å². The van der Waals surface area contributed by atoms with Crippen LogP contribution >= 0.6 is 0 Å². The highest BCUT2D eigenvalue weighted by Gasteiger charge is 2.27. The molecule has 0 saturated carbocycles. The summed E-state index contributed by atoms with van der Waals surface area (Å²) in [4.78, 5) is 39.0. The van der Waals surface area contributed by atoms with Gasteiger partial charge in [0.15, 0.2) is 5.75 Å². The molecule has 0 radical (unpaired) electrons. The van der Waals surface area contributed by atoms with E-state index in [0.29, 0.717) is 13.1 Å². The Bertz CT molecular complexity index is 1120. The molecule has 2 aromatic rings. The van der Waals surface area contributed by atoms with Gasteiger partial charge < -0.3 is 20.6 Å². The Morgan fingerprint density at radius 2 is 1.90 bits per heavy atom. The lowest BCUT2D eigenvalue weighted by atomic mass is 9.95. The van der Waals surface area contributed by atoms with E-state index in [-0.39, 0.29) is 40.3 Å². The molecule has 1 amide bonds. The minimum Gasteiger partial charge on any atom is -0.505 e. The number of carbonyl (C=O) groups is 1. The van der Waals surface area contributed by atoms with Gasteiger partial charge in [-0.1, -0.05) is 31.2 Å². The number of para-hydroxylation sites is 1. The van der Waals surface area contributed by atoms with Crippen LogP contribution in [0.2, 0.25) is 0 Å². The molecule has 162 valence electrons. The first-order chi connectivity index (χ1) is 15.0. The number of hydrogen-bond donors (Lipinski definition) is 3. The fraction of sp³-hybridized carbons (Fsp3) is 0.375. The van der Waals surface area contributed by atoms with Gasteiger partial charge >= 0.3 is 0 Å². The standard InChI is InChI=1S/C24H27N3O4/c1-2-17(15-9-4-3-5-10-15)25-19-20(23(30)22(19)29)26-18-12-8-11-16(21(18)28)24(31)27-13-6-7-14-27/h3-4,8-9,11-12,17,25-26,28H,2,5-7,10,13-14H2,1H3/t17-/m1/s1. The van der Waals surface area contributed by atoms with Crippen LogP contribution < -0.4 is 21.5 Å². The minimum atomic E-state index is -0.634. The molecule has 1 saturated heterocycles. The van der Waals surface area contributed by atoms with E-state index >= 15 is 0 Å². The zero-order chi connectivity index (χ0) is 22.0. The largest absolute Gasteiger partial charge is 0.505 e. The van der Waals surface area contributed by atoms with Gasteiger partial charge in [0.2, 0.25) is 0 Å². The lowest BCUT2D eigenvalue weighted by molar-refractivity contribution is 0.0790. The Morgan fingerprint density at radius 1 is 1.16 bits per heavy atom. The van der Waals surface area contributed by atoms with Crippen LogP contribution in [0.15, 0.2) is 51.6 Å². The van der Waals surface area contributed by atoms with E-state index in [1.807, 2.05) is 19.1 Å². The molecule has 3 N–H and O–H groups in total. The van der Waals surface area contributed by atoms with Crippen LogP contribution in [0.4, 0.5) is 17.1 Å². The van der Waals surface area contributed by atoms with Crippen molar-refractivity contribution in [1.82, 2.24) is 4.90 Å². The van der Waals surface area contributed by atoms with Gasteiger partial charge in [-0.3, -0.25) is 14.4 Å². The maximum atomic E-state index is 12.7. The summed E-state index contributed by atoms with van der Waals surface area (Å²) in [5, 5.41) is 16.8. The number of benzene rings is 1. The Hall–Kier alpha value is -3.35. The molecule has 0 unspecified atom stereocenters. The fourth-order valence-corrected chi connectivity index (χ4v) is 4.23. The van der Waals surface area contributed by atoms with Crippen molar-refractivity contribution < 1.29 is 9.90 Å². The maximum absolute atomic E-state index is 12.7. The Labute approximate surface area is 180 Å². The van der Waals surface area contributed by atoms with Gasteiger partial charge in [0.1, 0.15) is 11.4 Å². The highest BCUT2D eigenvalue weighted by molar-refractivity contribution is 5.99. The highest BCUT2D eigenvalue weighted by Crippen LogP contribution is 2.33. The van der Waals surface area contributed by atoms with Crippen LogP contribution in [0.5, 0.6) is 5.75 Å². The molecule has 1 aliphatic carbocycles. The summed E-state index contributed by atoms with van der Waals surface area (Å²) in [6.45, 7) is 3.37. The predicted molar refractivity (Wildman–Crippen MR) is 122 cm³/mol. The van der Waals surface area contributed by atoms with Crippen LogP contribution in [-0.2, 0) is 0 Å². The van der Waals surface area contributed by atoms with Gasteiger partial charge in [0.05, 0.1) is 11.3 Å². The third-order valence-electron chi connectivity index (χ3n) is 6.05. The van der Waals surface area contributed by atoms with Crippen molar-refractivity contribution in [2.24, 2.45) is 0 Å². The van der Waals surface area contributed by atoms with Crippen LogP contribution in [-0.4, -0.2) is 35.0 Å². The van der Waals surface area contributed by atoms with Crippen molar-refractivity contribution in [2.45, 2.75) is 45.1 Å². The quantitative estimate of drug-likeness (QED) is 0.468. The molecule has 0 bridgehead atoms. The normalized spacial score (nSPS) is 16.9. The molecule has 4 rings (SSSR count). The van der Waals surface area contributed by atoms with E-state index in [2.05, 4.69) is 16.7 Å². The maximum Gasteiger partial charge on any atom is 0.257 e. The molecule has 1 heterocycles. The van der Waals surface area contributed by atoms with Gasteiger partial charge in [-0.05, 0) is 49.8 Å². The molecule has 0 spiro atoms. The number of amides is 1. The van der Waals surface area contributed by atoms with Crippen molar-refractivity contribution >= 4 is 23.0 Å². The van der Waals surface area contributed by atoms with Crippen molar-refractivity contribution in [3.05, 3.63) is 68.0 Å². The topological polar surface area (TPSA) is 98.7 Å². The number of allylic oxidation sites excluding steroid dienone is 3. The number of nitrogens with zero attached hydrogens (tertiary/aromatic N) is 1. The average molecular weight is 421 g/mol. The van der Waals surface area contributed by atoms with Crippen LogP contribution in [0.25, 0.3) is 0 Å². The van der Waals surface area contributed by atoms with Crippen LogP contribution in [0, 0.1) is 0 Å². The van der Waals surface area contributed by atoms with Gasteiger partial charge in [-0.2, -0.15) is 0 Å². The summed E-state index contributed by atoms with van der Waals surface area (Å²) >= 11 is 0. The predicted octanol–water partition coefficient (Wildman–Crippen LogP) is 3.43. The zero-order valence-corrected chi connectivity index (χ0v) is 17.6. The molecule has 1 aliphatic heterocycles. The van der Waals surface area contributed by atoms with Crippen molar-refractivity contribution in [2.75, 3.05) is 23.7 Å². The summed E-state index contributed by atoms with van der Waals surface area (Å²) in [5.41, 5.74) is 0.741. The first-order valence-electron chi connectivity index (χ1n) is 10.8. The minimum absolute atomic E-state index is 0.0505. The number of nitrogens with one attached hydrogen (secondary N) is 2. The number of aromatic hydroxyl groups is 1. The average Bonchev–Trinajstić information content (AvgIpc) is 3.34. The van der Waals surface area contributed by atoms with Crippen molar-refractivity contribution in [3.63, 3.8) is 0 Å². The smallest absolute Gasteiger partial charge is 0.257 e. The summed E-state index contributed by atoms with van der Waals surface area (Å²) < 4.78 is 0. The summed E-state index contributed by atoms with van der Waals surface area (Å²) in [5.74, 6) is -0.448. The highest BCUT2D eigenvalue weighted by atomic mass is 16.3. The number of carbonyl (C=O) groups excluding carboxylic acids is 1. The number of likely N-dealkylation sites (tertiary alicyclic amines) is 1. The summed E-state index contributed by atoms with van der Waals surface area (Å²) in [6.07, 6.45) is 10.7. The molecule has 1 atom stereocenters. The first kappa shape index (κ1) is 20.9. The number of phenolic OH excluding ortho intramolecular Hbond substituents is 1. The molecular weight excluding hydrogens is 394 g/mol. The lowest BCUT2D eigenvalue weighted by Crippen LogP contribution is -2.39. The monoisotopic (exact) mass is 421 g/mol. The number of hydrogen-bond acceptors (Lipinski definition) is 6. The fourth-order valence-electron chi connectivity index (χ4n) is 4.23. The van der Waals surface area contributed by atoms with Gasteiger partial charge in [0, 0.05) is 19.1 Å². The second-order valence-electron chi connectivity index (χ2n) is 8.05. The van der Waals surface area contributed by atoms with Gasteiger partial charge in [0.25, 0.3) is 16.8 Å². The molecule has 7 heteroatoms. The molecular formula is C24H27N3O4. The molecule has 31 heavy (non-hydrogen) atoms. The molecule has 2 aromatic carbocycles. The van der Waals surface area contributed by atoms with Crippen molar-refractivity contribution in [1.29, 1.82) is 0 Å². The van der Waals surface area contributed by atoms with E-state index in [9.17, 15) is 19.5 Å². The van der Waals surface area contributed by atoms with Gasteiger partial charge in [-0.15, -0.1) is 0 Å². The lowest BCUT2D eigenvalue weighted by Gasteiger charge is -2.25. The second kappa shape index (κ2) is 8.79. The molecule has 1 fully saturated rings. The summed E-state index contributed by atoms with van der Waals surface area (Å²) in [7, 11) is 0. The number of rotatable bonds is 7. The van der Waals surface area contributed by atoms with Crippen LogP contribution in [0.1, 0.15) is 49.4 Å². The molecule has 0 aromatic heterocycles. The first-order valence-corrected chi connectivity index (χ1v) is 10.8. The molecule has 2 aliphatic rings. The third-order valence-corrected chi connectivity index (χ3v) is 6.05. The Kier molecular flexibility index (Phi) is 5.93. The van der Waals surface area contributed by atoms with Crippen LogP contribution in [0.3, 0.4) is 0 Å². The van der Waals surface area contributed by atoms with E-state index in [1.165, 1.54) is 5.57 Å². The number of anilines is 3. The SMILES string of the molecule is CC[C@@H](Nc1c(Nc2cccc(C(=O)N3CCCC3)c2O)c(=O)c1=O)C1=CC=CCC1. The second-order valence-corrected chi connectivity index (χ2v) is 8.05. The zero-order valence-electron chi connectivity index (χ0n) is 17.6. The summed E-state index contributed by atoms with van der Waals surface area (Å²) in [6, 6.07) is 4.75. The Balaban J connectivity index is 1.57. The van der Waals surface area contributed by atoms with Crippen molar-refractivity contribution in [3.8, 4) is 5.75 Å². The van der Waals surface area contributed by atoms with E-state index in [1.54, 1.807) is 23.1 Å². The number of phenols is 1. The van der Waals surface area contributed by atoms with Gasteiger partial charge in [-0.25, -0.2) is 0 Å². The molecule has 7 nitrogen and oxygen atoms in total. The third kappa shape index (κ3) is 4.00. The van der Waals surface area contributed by atoms with E-state index in [0.717, 1.165) is 32.1 Å².